The van der Waals surface area contributed by atoms with Crippen LogP contribution in [0.2, 0.25) is 0 Å². The van der Waals surface area contributed by atoms with Gasteiger partial charge in [-0.2, -0.15) is 0 Å². The van der Waals surface area contributed by atoms with Crippen molar-refractivity contribution in [1.82, 2.24) is 5.32 Å². The summed E-state index contributed by atoms with van der Waals surface area (Å²) in [5.74, 6) is 0.421. The van der Waals surface area contributed by atoms with E-state index in [1.165, 1.54) is 11.1 Å². The van der Waals surface area contributed by atoms with Crippen molar-refractivity contribution in [2.75, 3.05) is 19.7 Å². The second-order valence-corrected chi connectivity index (χ2v) is 5.41. The lowest BCUT2D eigenvalue weighted by Crippen LogP contribution is -2.52. The number of benzene rings is 1. The number of ether oxygens (including phenoxy) is 1. The van der Waals surface area contributed by atoms with E-state index in [1.807, 2.05) is 6.92 Å². The number of carbonyl (C=O) groups is 1. The summed E-state index contributed by atoms with van der Waals surface area (Å²) in [7, 11) is 0. The van der Waals surface area contributed by atoms with Crippen LogP contribution in [-0.2, 0) is 16.0 Å². The Balaban J connectivity index is 1.97. The predicted molar refractivity (Wildman–Crippen MR) is 69.4 cm³/mol. The van der Waals surface area contributed by atoms with Crippen molar-refractivity contribution in [3.05, 3.63) is 35.4 Å². The van der Waals surface area contributed by atoms with Crippen LogP contribution >= 0.6 is 0 Å². The van der Waals surface area contributed by atoms with Crippen molar-refractivity contribution in [2.24, 2.45) is 5.41 Å². The topological polar surface area (TPSA) is 38.3 Å². The van der Waals surface area contributed by atoms with Crippen LogP contribution in [0.25, 0.3) is 0 Å². The Kier molecular flexibility index (Phi) is 2.86. The van der Waals surface area contributed by atoms with Gasteiger partial charge in [-0.15, -0.1) is 0 Å². The van der Waals surface area contributed by atoms with Crippen LogP contribution < -0.4 is 5.32 Å². The van der Waals surface area contributed by atoms with Crippen molar-refractivity contribution in [3.63, 3.8) is 0 Å². The normalized spacial score (nSPS) is 29.5. The number of rotatable bonds is 2. The van der Waals surface area contributed by atoms with Gasteiger partial charge in [0.05, 0.1) is 12.0 Å². The number of hydrogen-bond donors (Lipinski definition) is 1. The third kappa shape index (κ3) is 1.74. The van der Waals surface area contributed by atoms with Crippen LogP contribution in [0.4, 0.5) is 0 Å². The highest BCUT2D eigenvalue weighted by atomic mass is 16.5. The van der Waals surface area contributed by atoms with E-state index in [2.05, 4.69) is 29.6 Å². The van der Waals surface area contributed by atoms with E-state index in [1.54, 1.807) is 0 Å². The van der Waals surface area contributed by atoms with E-state index in [0.29, 0.717) is 12.5 Å². The van der Waals surface area contributed by atoms with E-state index >= 15 is 0 Å². The summed E-state index contributed by atoms with van der Waals surface area (Å²) in [5.41, 5.74) is 2.39. The molecule has 1 saturated heterocycles. The molecule has 0 aromatic heterocycles. The zero-order valence-corrected chi connectivity index (χ0v) is 10.7. The van der Waals surface area contributed by atoms with Crippen LogP contribution in [0.1, 0.15) is 30.4 Å². The first-order valence-corrected chi connectivity index (χ1v) is 6.71. The largest absolute Gasteiger partial charge is 0.466 e. The summed E-state index contributed by atoms with van der Waals surface area (Å²) in [4.78, 5) is 12.3. The van der Waals surface area contributed by atoms with Crippen molar-refractivity contribution >= 4 is 5.97 Å². The molecule has 1 fully saturated rings. The molecule has 3 nitrogen and oxygen atoms in total. The molecule has 1 aromatic rings. The lowest BCUT2D eigenvalue weighted by atomic mass is 9.65. The van der Waals surface area contributed by atoms with Gasteiger partial charge in [-0.25, -0.2) is 0 Å². The third-order valence-electron chi connectivity index (χ3n) is 4.22. The molecular formula is C15H19NO2. The molecule has 96 valence electrons. The molecule has 2 aliphatic rings. The van der Waals surface area contributed by atoms with Crippen LogP contribution in [0.5, 0.6) is 0 Å². The predicted octanol–water partition coefficient (Wildman–Crippen LogP) is 1.87. The Morgan fingerprint density at radius 3 is 3.17 bits per heavy atom. The van der Waals surface area contributed by atoms with E-state index < -0.39 is 0 Å². The SMILES string of the molecule is CCOC(=O)C12CNCC(C1)c1ccccc1C2. The maximum absolute atomic E-state index is 12.3. The van der Waals surface area contributed by atoms with Gasteiger partial charge in [-0.1, -0.05) is 24.3 Å². The van der Waals surface area contributed by atoms with Gasteiger partial charge < -0.3 is 10.1 Å². The molecule has 1 aliphatic heterocycles. The molecule has 2 unspecified atom stereocenters. The minimum Gasteiger partial charge on any atom is -0.466 e. The molecule has 1 N–H and O–H groups in total. The van der Waals surface area contributed by atoms with Gasteiger partial charge in [0.25, 0.3) is 0 Å². The summed E-state index contributed by atoms with van der Waals surface area (Å²) < 4.78 is 5.29. The van der Waals surface area contributed by atoms with Gasteiger partial charge in [0.15, 0.2) is 0 Å². The molecule has 0 radical (unpaired) electrons. The minimum absolute atomic E-state index is 0.0308. The fourth-order valence-corrected chi connectivity index (χ4v) is 3.43. The second kappa shape index (κ2) is 4.39. The first kappa shape index (κ1) is 11.7. The summed E-state index contributed by atoms with van der Waals surface area (Å²) in [6.07, 6.45) is 1.74. The average molecular weight is 245 g/mol. The van der Waals surface area contributed by atoms with Crippen LogP contribution in [0, 0.1) is 5.41 Å². The van der Waals surface area contributed by atoms with E-state index in [4.69, 9.17) is 4.74 Å². The number of esters is 1. The molecule has 1 aliphatic carbocycles. The zero-order valence-electron chi connectivity index (χ0n) is 10.7. The second-order valence-electron chi connectivity index (χ2n) is 5.41. The number of fused-ring (bicyclic) bond motifs is 4. The van der Waals surface area contributed by atoms with Gasteiger partial charge in [-0.05, 0) is 36.8 Å². The zero-order chi connectivity index (χ0) is 12.6. The summed E-state index contributed by atoms with van der Waals surface area (Å²) in [5, 5.41) is 3.41. The number of nitrogens with one attached hydrogen (secondary N) is 1. The molecule has 3 rings (SSSR count). The molecule has 0 spiro atoms. The summed E-state index contributed by atoms with van der Waals surface area (Å²) in [6, 6.07) is 8.50. The maximum atomic E-state index is 12.3. The van der Waals surface area contributed by atoms with E-state index in [0.717, 1.165) is 25.9 Å². The van der Waals surface area contributed by atoms with E-state index in [-0.39, 0.29) is 11.4 Å². The van der Waals surface area contributed by atoms with Gasteiger partial charge in [-0.3, -0.25) is 4.79 Å². The molecule has 1 heterocycles. The van der Waals surface area contributed by atoms with Crippen LogP contribution in [0.15, 0.2) is 24.3 Å². The molecule has 0 amide bonds. The lowest BCUT2D eigenvalue weighted by molar-refractivity contribution is -0.157. The quantitative estimate of drug-likeness (QED) is 0.808. The van der Waals surface area contributed by atoms with Gasteiger partial charge in [0, 0.05) is 13.1 Å². The Hall–Kier alpha value is -1.35. The smallest absolute Gasteiger partial charge is 0.313 e. The van der Waals surface area contributed by atoms with Gasteiger partial charge >= 0.3 is 5.97 Å². The highest BCUT2D eigenvalue weighted by Gasteiger charge is 2.48. The number of piperidine rings is 1. The van der Waals surface area contributed by atoms with Crippen LogP contribution in [0.3, 0.4) is 0 Å². The maximum Gasteiger partial charge on any atom is 0.313 e. The first-order chi connectivity index (χ1) is 8.75. The molecular weight excluding hydrogens is 226 g/mol. The van der Waals surface area contributed by atoms with E-state index in [9.17, 15) is 4.79 Å². The van der Waals surface area contributed by atoms with Gasteiger partial charge in [0.1, 0.15) is 0 Å². The highest BCUT2D eigenvalue weighted by molar-refractivity contribution is 5.78. The lowest BCUT2D eigenvalue weighted by Gasteiger charge is -2.44. The summed E-state index contributed by atoms with van der Waals surface area (Å²) in [6.45, 7) is 4.06. The van der Waals surface area contributed by atoms with Crippen molar-refractivity contribution < 1.29 is 9.53 Å². The highest BCUT2D eigenvalue weighted by Crippen LogP contribution is 2.44. The molecule has 18 heavy (non-hydrogen) atoms. The summed E-state index contributed by atoms with van der Waals surface area (Å²) >= 11 is 0. The monoisotopic (exact) mass is 245 g/mol. The molecule has 3 heteroatoms. The standard InChI is InChI=1S/C15H19NO2/c1-2-18-14(17)15-7-11-5-3-4-6-13(11)12(8-15)9-16-10-15/h3-6,12,16H,2,7-10H2,1H3. The fourth-order valence-electron chi connectivity index (χ4n) is 3.43. The van der Waals surface area contributed by atoms with Crippen molar-refractivity contribution in [3.8, 4) is 0 Å². The van der Waals surface area contributed by atoms with Crippen molar-refractivity contribution in [2.45, 2.75) is 25.7 Å². The molecule has 0 saturated carbocycles. The van der Waals surface area contributed by atoms with Gasteiger partial charge in [0.2, 0.25) is 0 Å². The minimum atomic E-state index is -0.340. The Bertz CT molecular complexity index is 471. The number of hydrogen-bond acceptors (Lipinski definition) is 3. The fraction of sp³-hybridized carbons (Fsp3) is 0.533. The van der Waals surface area contributed by atoms with Crippen LogP contribution in [-0.4, -0.2) is 25.7 Å². The molecule has 1 aromatic carbocycles. The molecule has 2 atom stereocenters. The Labute approximate surface area is 108 Å². The Morgan fingerprint density at radius 1 is 1.50 bits per heavy atom. The Morgan fingerprint density at radius 2 is 2.33 bits per heavy atom. The molecule has 2 bridgehead atoms. The first-order valence-electron chi connectivity index (χ1n) is 6.71. The van der Waals surface area contributed by atoms with Crippen molar-refractivity contribution in [1.29, 1.82) is 0 Å². The third-order valence-corrected chi connectivity index (χ3v) is 4.22. The number of carbonyl (C=O) groups excluding carboxylic acids is 1. The average Bonchev–Trinajstić information content (AvgIpc) is 2.39.